The summed E-state index contributed by atoms with van der Waals surface area (Å²) in [5.41, 5.74) is 7.07. The molecule has 0 unspecified atom stereocenters. The Morgan fingerprint density at radius 2 is 2.11 bits per heavy atom. The maximum absolute atomic E-state index is 12.3. The molecule has 2 aromatic heterocycles. The van der Waals surface area contributed by atoms with E-state index >= 15 is 0 Å². The lowest BCUT2D eigenvalue weighted by atomic mass is 10.3. The van der Waals surface area contributed by atoms with E-state index in [0.717, 1.165) is 5.56 Å². The molecule has 2 aromatic rings. The van der Waals surface area contributed by atoms with Gasteiger partial charge in [0, 0.05) is 25.1 Å². The van der Waals surface area contributed by atoms with E-state index in [9.17, 15) is 8.42 Å². The molecule has 19 heavy (non-hydrogen) atoms. The van der Waals surface area contributed by atoms with Crippen molar-refractivity contribution in [3.8, 4) is 0 Å². The lowest BCUT2D eigenvalue weighted by Gasteiger charge is -2.11. The standard InChI is InChI=1S/C12H14N4O2S/c1-9-8-14-6-4-10(9)16-19(17,18)12-3-2-5-15-11(12)7-13/h2-6,8H,7,13H2,1H3,(H,14,16). The first-order chi connectivity index (χ1) is 9.04. The highest BCUT2D eigenvalue weighted by atomic mass is 32.2. The van der Waals surface area contributed by atoms with Crippen LogP contribution in [0.25, 0.3) is 0 Å². The summed E-state index contributed by atoms with van der Waals surface area (Å²) in [6.07, 6.45) is 4.63. The molecule has 0 bridgehead atoms. The molecule has 2 heterocycles. The van der Waals surface area contributed by atoms with Gasteiger partial charge in [-0.25, -0.2) is 8.42 Å². The first-order valence-electron chi connectivity index (χ1n) is 5.62. The Hall–Kier alpha value is -1.99. The van der Waals surface area contributed by atoms with E-state index in [1.807, 2.05) is 0 Å². The van der Waals surface area contributed by atoms with Gasteiger partial charge in [-0.3, -0.25) is 14.7 Å². The molecule has 0 aliphatic heterocycles. The summed E-state index contributed by atoms with van der Waals surface area (Å²) < 4.78 is 27.1. The highest BCUT2D eigenvalue weighted by Crippen LogP contribution is 2.19. The lowest BCUT2D eigenvalue weighted by molar-refractivity contribution is 0.599. The molecule has 6 nitrogen and oxygen atoms in total. The Bertz CT molecular complexity index is 686. The van der Waals surface area contributed by atoms with E-state index in [0.29, 0.717) is 11.4 Å². The lowest BCUT2D eigenvalue weighted by Crippen LogP contribution is -2.17. The molecule has 0 amide bonds. The van der Waals surface area contributed by atoms with Gasteiger partial charge in [0.15, 0.2) is 0 Å². The minimum Gasteiger partial charge on any atom is -0.325 e. The Balaban J connectivity index is 2.41. The van der Waals surface area contributed by atoms with Gasteiger partial charge in [-0.1, -0.05) is 0 Å². The van der Waals surface area contributed by atoms with E-state index in [-0.39, 0.29) is 11.4 Å². The van der Waals surface area contributed by atoms with Gasteiger partial charge in [0.05, 0.1) is 11.4 Å². The van der Waals surface area contributed by atoms with Gasteiger partial charge in [0.2, 0.25) is 0 Å². The van der Waals surface area contributed by atoms with Gasteiger partial charge in [-0.05, 0) is 30.7 Å². The number of rotatable bonds is 4. The van der Waals surface area contributed by atoms with Crippen LogP contribution in [0, 0.1) is 6.92 Å². The van der Waals surface area contributed by atoms with E-state index in [4.69, 9.17) is 5.73 Å². The van der Waals surface area contributed by atoms with Crippen molar-refractivity contribution in [3.05, 3.63) is 48.0 Å². The van der Waals surface area contributed by atoms with Crippen molar-refractivity contribution in [1.82, 2.24) is 9.97 Å². The number of pyridine rings is 2. The van der Waals surface area contributed by atoms with Crippen LogP contribution in [0.1, 0.15) is 11.3 Å². The number of nitrogens with zero attached hydrogens (tertiary/aromatic N) is 2. The quantitative estimate of drug-likeness (QED) is 0.871. The Labute approximate surface area is 111 Å². The van der Waals surface area contributed by atoms with Gasteiger partial charge in [0.1, 0.15) is 4.90 Å². The topological polar surface area (TPSA) is 98.0 Å². The highest BCUT2D eigenvalue weighted by Gasteiger charge is 2.19. The number of anilines is 1. The average molecular weight is 278 g/mol. The average Bonchev–Trinajstić information content (AvgIpc) is 2.41. The third-order valence-corrected chi connectivity index (χ3v) is 4.04. The van der Waals surface area contributed by atoms with Gasteiger partial charge in [-0.2, -0.15) is 0 Å². The van der Waals surface area contributed by atoms with Crippen molar-refractivity contribution in [3.63, 3.8) is 0 Å². The molecule has 0 fully saturated rings. The summed E-state index contributed by atoms with van der Waals surface area (Å²) in [6.45, 7) is 1.84. The molecule has 100 valence electrons. The van der Waals surface area contributed by atoms with Crippen molar-refractivity contribution < 1.29 is 8.42 Å². The van der Waals surface area contributed by atoms with Crippen LogP contribution in [-0.4, -0.2) is 18.4 Å². The van der Waals surface area contributed by atoms with Crippen molar-refractivity contribution in [2.24, 2.45) is 5.73 Å². The molecule has 0 aromatic carbocycles. The molecule has 2 rings (SSSR count). The number of hydrogen-bond acceptors (Lipinski definition) is 5. The smallest absolute Gasteiger partial charge is 0.263 e. The van der Waals surface area contributed by atoms with Crippen LogP contribution < -0.4 is 10.5 Å². The number of hydrogen-bond donors (Lipinski definition) is 2. The minimum atomic E-state index is -3.70. The second-order valence-corrected chi connectivity index (χ2v) is 5.60. The second kappa shape index (κ2) is 5.33. The van der Waals surface area contributed by atoms with E-state index in [1.165, 1.54) is 18.5 Å². The third-order valence-electron chi connectivity index (χ3n) is 2.60. The molecule has 0 atom stereocenters. The molecular weight excluding hydrogens is 264 g/mol. The second-order valence-electron chi connectivity index (χ2n) is 3.95. The first kappa shape index (κ1) is 13.4. The summed E-state index contributed by atoms with van der Waals surface area (Å²) >= 11 is 0. The van der Waals surface area contributed by atoms with Crippen LogP contribution in [-0.2, 0) is 16.6 Å². The van der Waals surface area contributed by atoms with Crippen molar-refractivity contribution in [1.29, 1.82) is 0 Å². The fraction of sp³-hybridized carbons (Fsp3) is 0.167. The van der Waals surface area contributed by atoms with Crippen LogP contribution in [0.5, 0.6) is 0 Å². The Morgan fingerprint density at radius 3 is 2.79 bits per heavy atom. The SMILES string of the molecule is Cc1cnccc1NS(=O)(=O)c1cccnc1CN. The van der Waals surface area contributed by atoms with Crippen molar-refractivity contribution >= 4 is 15.7 Å². The normalized spacial score (nSPS) is 11.3. The Kier molecular flexibility index (Phi) is 3.77. The molecule has 0 aliphatic rings. The maximum Gasteiger partial charge on any atom is 0.263 e. The molecule has 0 saturated heterocycles. The minimum absolute atomic E-state index is 0.0619. The van der Waals surface area contributed by atoms with Crippen LogP contribution in [0.4, 0.5) is 5.69 Å². The highest BCUT2D eigenvalue weighted by molar-refractivity contribution is 7.92. The summed E-state index contributed by atoms with van der Waals surface area (Å²) in [7, 11) is -3.70. The zero-order valence-electron chi connectivity index (χ0n) is 10.4. The summed E-state index contributed by atoms with van der Waals surface area (Å²) in [6, 6.07) is 4.65. The zero-order chi connectivity index (χ0) is 13.9. The predicted octanol–water partition coefficient (Wildman–Crippen LogP) is 1.04. The van der Waals surface area contributed by atoms with E-state index in [2.05, 4.69) is 14.7 Å². The molecule has 0 radical (unpaired) electrons. The summed E-state index contributed by atoms with van der Waals surface area (Å²) in [5, 5.41) is 0. The molecule has 0 saturated carbocycles. The van der Waals surface area contributed by atoms with Crippen LogP contribution >= 0.6 is 0 Å². The number of aryl methyl sites for hydroxylation is 1. The van der Waals surface area contributed by atoms with Gasteiger partial charge in [-0.15, -0.1) is 0 Å². The van der Waals surface area contributed by atoms with Crippen molar-refractivity contribution in [2.75, 3.05) is 4.72 Å². The summed E-state index contributed by atoms with van der Waals surface area (Å²) in [4.78, 5) is 7.98. The van der Waals surface area contributed by atoms with E-state index < -0.39 is 10.0 Å². The molecule has 0 aliphatic carbocycles. The monoisotopic (exact) mass is 278 g/mol. The van der Waals surface area contributed by atoms with Crippen LogP contribution in [0.3, 0.4) is 0 Å². The van der Waals surface area contributed by atoms with Gasteiger partial charge >= 0.3 is 0 Å². The first-order valence-corrected chi connectivity index (χ1v) is 7.10. The number of sulfonamides is 1. The summed E-state index contributed by atoms with van der Waals surface area (Å²) in [5.74, 6) is 0. The fourth-order valence-corrected chi connectivity index (χ4v) is 2.94. The van der Waals surface area contributed by atoms with Crippen LogP contribution in [0.15, 0.2) is 41.7 Å². The fourth-order valence-electron chi connectivity index (χ4n) is 1.61. The molecular formula is C12H14N4O2S. The largest absolute Gasteiger partial charge is 0.325 e. The number of aromatic nitrogens is 2. The third kappa shape index (κ3) is 2.88. The van der Waals surface area contributed by atoms with Gasteiger partial charge < -0.3 is 5.73 Å². The van der Waals surface area contributed by atoms with E-state index in [1.54, 1.807) is 25.3 Å². The Morgan fingerprint density at radius 1 is 1.32 bits per heavy atom. The zero-order valence-corrected chi connectivity index (χ0v) is 11.2. The molecule has 3 N–H and O–H groups in total. The van der Waals surface area contributed by atoms with Crippen molar-refractivity contribution in [2.45, 2.75) is 18.4 Å². The molecule has 0 spiro atoms. The number of nitrogens with two attached hydrogens (primary N) is 1. The maximum atomic E-state index is 12.3. The van der Waals surface area contributed by atoms with Crippen LogP contribution in [0.2, 0.25) is 0 Å². The number of nitrogens with one attached hydrogen (secondary N) is 1. The van der Waals surface area contributed by atoms with Gasteiger partial charge in [0.25, 0.3) is 10.0 Å². The predicted molar refractivity (Wildman–Crippen MR) is 71.9 cm³/mol. The molecule has 7 heteroatoms.